The van der Waals surface area contributed by atoms with Crippen LogP contribution in [0.4, 0.5) is 5.69 Å². The van der Waals surface area contributed by atoms with Gasteiger partial charge >= 0.3 is 5.97 Å². The number of carboxylic acid groups (broad SMARTS) is 1. The van der Waals surface area contributed by atoms with E-state index in [1.165, 1.54) is 6.07 Å². The van der Waals surface area contributed by atoms with Crippen LogP contribution in [0.1, 0.15) is 28.4 Å². The fourth-order valence-electron chi connectivity index (χ4n) is 1.41. The third-order valence-corrected chi connectivity index (χ3v) is 2.58. The van der Waals surface area contributed by atoms with Crippen LogP contribution in [-0.2, 0) is 4.79 Å². The summed E-state index contributed by atoms with van der Waals surface area (Å²) >= 11 is 0. The number of hydrogen-bond donors (Lipinski definition) is 3. The SMILES string of the molecule is Cc1cc(NC(=O)[C@@H](C)N)cc(C(=O)O)c1C. The first-order chi connectivity index (χ1) is 7.82. The van der Waals surface area contributed by atoms with E-state index in [0.29, 0.717) is 11.3 Å². The topological polar surface area (TPSA) is 92.4 Å². The highest BCUT2D eigenvalue weighted by Crippen LogP contribution is 2.20. The summed E-state index contributed by atoms with van der Waals surface area (Å²) in [5.41, 5.74) is 7.56. The standard InChI is InChI=1S/C12H16N2O3/c1-6-4-9(14-11(15)8(3)13)5-10(7(6)2)12(16)17/h4-5,8H,13H2,1-3H3,(H,14,15)(H,16,17)/t8-/m1/s1. The number of benzene rings is 1. The van der Waals surface area contributed by atoms with Gasteiger partial charge in [-0.15, -0.1) is 0 Å². The van der Waals surface area contributed by atoms with Crippen LogP contribution in [0.3, 0.4) is 0 Å². The van der Waals surface area contributed by atoms with Crippen molar-refractivity contribution in [2.45, 2.75) is 26.8 Å². The first-order valence-corrected chi connectivity index (χ1v) is 5.24. The third-order valence-electron chi connectivity index (χ3n) is 2.58. The van der Waals surface area contributed by atoms with Crippen molar-refractivity contribution in [2.75, 3.05) is 5.32 Å². The van der Waals surface area contributed by atoms with Crippen LogP contribution in [0, 0.1) is 13.8 Å². The van der Waals surface area contributed by atoms with E-state index in [1.807, 2.05) is 0 Å². The average molecular weight is 236 g/mol. The second-order valence-corrected chi connectivity index (χ2v) is 4.05. The number of anilines is 1. The van der Waals surface area contributed by atoms with E-state index < -0.39 is 12.0 Å². The minimum atomic E-state index is -1.01. The van der Waals surface area contributed by atoms with Gasteiger partial charge in [-0.2, -0.15) is 0 Å². The molecule has 0 unspecified atom stereocenters. The zero-order valence-electron chi connectivity index (χ0n) is 10.1. The lowest BCUT2D eigenvalue weighted by atomic mass is 10.0. The highest BCUT2D eigenvalue weighted by molar-refractivity contribution is 5.97. The molecule has 5 nitrogen and oxygen atoms in total. The van der Waals surface area contributed by atoms with Gasteiger partial charge in [-0.25, -0.2) is 4.79 Å². The van der Waals surface area contributed by atoms with Crippen molar-refractivity contribution in [1.82, 2.24) is 0 Å². The maximum atomic E-state index is 11.4. The van der Waals surface area contributed by atoms with Crippen LogP contribution >= 0.6 is 0 Å². The second-order valence-electron chi connectivity index (χ2n) is 4.05. The smallest absolute Gasteiger partial charge is 0.336 e. The fourth-order valence-corrected chi connectivity index (χ4v) is 1.41. The van der Waals surface area contributed by atoms with Gasteiger partial charge in [0.05, 0.1) is 11.6 Å². The van der Waals surface area contributed by atoms with Crippen molar-refractivity contribution in [3.8, 4) is 0 Å². The Morgan fingerprint density at radius 3 is 2.41 bits per heavy atom. The largest absolute Gasteiger partial charge is 0.478 e. The zero-order valence-corrected chi connectivity index (χ0v) is 10.1. The number of nitrogens with one attached hydrogen (secondary N) is 1. The Morgan fingerprint density at radius 1 is 1.35 bits per heavy atom. The normalized spacial score (nSPS) is 12.0. The maximum absolute atomic E-state index is 11.4. The molecular weight excluding hydrogens is 220 g/mol. The Labute approximate surface area is 99.6 Å². The van der Waals surface area contributed by atoms with Crippen molar-refractivity contribution in [2.24, 2.45) is 5.73 Å². The van der Waals surface area contributed by atoms with Crippen LogP contribution in [0.25, 0.3) is 0 Å². The van der Waals surface area contributed by atoms with Gasteiger partial charge in [-0.3, -0.25) is 4.79 Å². The first kappa shape index (κ1) is 13.2. The van der Waals surface area contributed by atoms with Gasteiger partial charge in [-0.05, 0) is 44.0 Å². The summed E-state index contributed by atoms with van der Waals surface area (Å²) in [6.07, 6.45) is 0. The summed E-state index contributed by atoms with van der Waals surface area (Å²) in [6.45, 7) is 5.09. The van der Waals surface area contributed by atoms with E-state index in [-0.39, 0.29) is 11.5 Å². The van der Waals surface area contributed by atoms with Crippen LogP contribution in [0.2, 0.25) is 0 Å². The van der Waals surface area contributed by atoms with E-state index in [4.69, 9.17) is 10.8 Å². The van der Waals surface area contributed by atoms with Gasteiger partial charge in [-0.1, -0.05) is 0 Å². The summed E-state index contributed by atoms with van der Waals surface area (Å²) < 4.78 is 0. The number of nitrogens with two attached hydrogens (primary N) is 1. The molecule has 0 aromatic heterocycles. The van der Waals surface area contributed by atoms with E-state index in [0.717, 1.165) is 5.56 Å². The van der Waals surface area contributed by atoms with Crippen molar-refractivity contribution >= 4 is 17.6 Å². The van der Waals surface area contributed by atoms with E-state index in [2.05, 4.69) is 5.32 Å². The molecule has 0 fully saturated rings. The maximum Gasteiger partial charge on any atom is 0.336 e. The predicted molar refractivity (Wildman–Crippen MR) is 65.2 cm³/mol. The molecule has 5 heteroatoms. The fraction of sp³-hybridized carbons (Fsp3) is 0.333. The Kier molecular flexibility index (Phi) is 3.85. The van der Waals surface area contributed by atoms with Crippen LogP contribution < -0.4 is 11.1 Å². The summed E-state index contributed by atoms with van der Waals surface area (Å²) in [7, 11) is 0. The van der Waals surface area contributed by atoms with E-state index in [1.54, 1.807) is 26.8 Å². The van der Waals surface area contributed by atoms with Crippen molar-refractivity contribution in [3.63, 3.8) is 0 Å². The Bertz CT molecular complexity index is 467. The molecule has 1 aromatic rings. The molecule has 1 aromatic carbocycles. The summed E-state index contributed by atoms with van der Waals surface area (Å²) in [4.78, 5) is 22.4. The minimum absolute atomic E-state index is 0.185. The molecule has 0 aliphatic carbocycles. The highest BCUT2D eigenvalue weighted by atomic mass is 16.4. The lowest BCUT2D eigenvalue weighted by molar-refractivity contribution is -0.117. The van der Waals surface area contributed by atoms with E-state index in [9.17, 15) is 9.59 Å². The van der Waals surface area contributed by atoms with Gasteiger partial charge in [0, 0.05) is 5.69 Å². The molecule has 1 amide bonds. The van der Waals surface area contributed by atoms with Crippen molar-refractivity contribution in [3.05, 3.63) is 28.8 Å². The van der Waals surface area contributed by atoms with Crippen molar-refractivity contribution in [1.29, 1.82) is 0 Å². The molecule has 0 heterocycles. The summed E-state index contributed by atoms with van der Waals surface area (Å²) in [6, 6.07) is 2.53. The number of hydrogen-bond acceptors (Lipinski definition) is 3. The third kappa shape index (κ3) is 3.04. The first-order valence-electron chi connectivity index (χ1n) is 5.24. The molecule has 0 saturated carbocycles. The molecule has 0 aliphatic heterocycles. The molecule has 4 N–H and O–H groups in total. The Morgan fingerprint density at radius 2 is 1.94 bits per heavy atom. The predicted octanol–water partition coefficient (Wildman–Crippen LogP) is 1.29. The number of carbonyl (C=O) groups excluding carboxylic acids is 1. The van der Waals surface area contributed by atoms with Crippen LogP contribution in [-0.4, -0.2) is 23.0 Å². The summed E-state index contributed by atoms with van der Waals surface area (Å²) in [5.74, 6) is -1.35. The number of carbonyl (C=O) groups is 2. The van der Waals surface area contributed by atoms with Gasteiger partial charge in [0.2, 0.25) is 5.91 Å². The van der Waals surface area contributed by atoms with Gasteiger partial charge in [0.15, 0.2) is 0 Å². The molecular formula is C12H16N2O3. The molecule has 17 heavy (non-hydrogen) atoms. The van der Waals surface area contributed by atoms with E-state index >= 15 is 0 Å². The molecule has 1 atom stereocenters. The Balaban J connectivity index is 3.11. The molecule has 0 spiro atoms. The molecule has 92 valence electrons. The van der Waals surface area contributed by atoms with Crippen LogP contribution in [0.5, 0.6) is 0 Å². The number of rotatable bonds is 3. The van der Waals surface area contributed by atoms with Gasteiger partial charge < -0.3 is 16.2 Å². The molecule has 0 radical (unpaired) electrons. The Hall–Kier alpha value is -1.88. The zero-order chi connectivity index (χ0) is 13.2. The second kappa shape index (κ2) is 4.97. The van der Waals surface area contributed by atoms with Gasteiger partial charge in [0.1, 0.15) is 0 Å². The number of amides is 1. The number of carboxylic acids is 1. The number of aromatic carboxylic acids is 1. The molecule has 1 rings (SSSR count). The average Bonchev–Trinajstić information content (AvgIpc) is 2.22. The van der Waals surface area contributed by atoms with Crippen molar-refractivity contribution < 1.29 is 14.7 Å². The molecule has 0 saturated heterocycles. The highest BCUT2D eigenvalue weighted by Gasteiger charge is 2.13. The number of aryl methyl sites for hydroxylation is 1. The lowest BCUT2D eigenvalue weighted by Crippen LogP contribution is -2.32. The monoisotopic (exact) mass is 236 g/mol. The van der Waals surface area contributed by atoms with Gasteiger partial charge in [0.25, 0.3) is 0 Å². The molecule has 0 bridgehead atoms. The minimum Gasteiger partial charge on any atom is -0.478 e. The lowest BCUT2D eigenvalue weighted by Gasteiger charge is -2.11. The van der Waals surface area contributed by atoms with Crippen LogP contribution in [0.15, 0.2) is 12.1 Å². The quantitative estimate of drug-likeness (QED) is 0.737. The molecule has 0 aliphatic rings. The summed E-state index contributed by atoms with van der Waals surface area (Å²) in [5, 5.41) is 11.6.